The molecule has 2 aliphatic rings. The van der Waals surface area contributed by atoms with Gasteiger partial charge in [0.2, 0.25) is 5.91 Å². The third kappa shape index (κ3) is 4.51. The highest BCUT2D eigenvalue weighted by Gasteiger charge is 2.25. The van der Waals surface area contributed by atoms with E-state index >= 15 is 0 Å². The lowest BCUT2D eigenvalue weighted by molar-refractivity contribution is -0.130. The number of nitrogens with one attached hydrogen (secondary N) is 1. The summed E-state index contributed by atoms with van der Waals surface area (Å²) < 4.78 is 0. The van der Waals surface area contributed by atoms with Gasteiger partial charge in [-0.25, -0.2) is 9.97 Å². The number of likely N-dealkylation sites (tertiary alicyclic amines) is 1. The maximum atomic E-state index is 11.5. The fourth-order valence-corrected chi connectivity index (χ4v) is 3.88. The first-order valence-corrected chi connectivity index (χ1v) is 9.68. The van der Waals surface area contributed by atoms with Crippen molar-refractivity contribution in [2.45, 2.75) is 51.2 Å². The molecular weight excluding hydrogens is 328 g/mol. The molecule has 2 fully saturated rings. The fraction of sp³-hybridized carbons (Fsp3) is 0.737. The van der Waals surface area contributed by atoms with E-state index in [-0.39, 0.29) is 11.9 Å². The van der Waals surface area contributed by atoms with Crippen molar-refractivity contribution in [1.82, 2.24) is 25.1 Å². The van der Waals surface area contributed by atoms with E-state index in [4.69, 9.17) is 9.97 Å². The number of hydrogen-bond donors (Lipinski definition) is 1. The molecule has 0 spiro atoms. The summed E-state index contributed by atoms with van der Waals surface area (Å²) in [6.45, 7) is 5.23. The summed E-state index contributed by atoms with van der Waals surface area (Å²) in [6, 6.07) is 2.87. The monoisotopic (exact) mass is 360 g/mol. The van der Waals surface area contributed by atoms with Gasteiger partial charge in [0.15, 0.2) is 0 Å². The van der Waals surface area contributed by atoms with Crippen LogP contribution in [0.3, 0.4) is 0 Å². The number of rotatable bonds is 5. The second kappa shape index (κ2) is 8.31. The Balaban J connectivity index is 1.69. The van der Waals surface area contributed by atoms with Crippen LogP contribution in [0, 0.1) is 0 Å². The van der Waals surface area contributed by atoms with Crippen molar-refractivity contribution in [1.29, 1.82) is 0 Å². The quantitative estimate of drug-likeness (QED) is 0.857. The van der Waals surface area contributed by atoms with Crippen molar-refractivity contribution in [2.24, 2.45) is 0 Å². The summed E-state index contributed by atoms with van der Waals surface area (Å²) in [4.78, 5) is 27.5. The molecule has 26 heavy (non-hydrogen) atoms. The lowest BCUT2D eigenvalue weighted by Gasteiger charge is -2.36. The van der Waals surface area contributed by atoms with Gasteiger partial charge >= 0.3 is 0 Å². The van der Waals surface area contributed by atoms with E-state index in [1.165, 1.54) is 6.42 Å². The molecule has 0 radical (unpaired) electrons. The van der Waals surface area contributed by atoms with Crippen molar-refractivity contribution < 1.29 is 4.79 Å². The topological polar surface area (TPSA) is 64.6 Å². The van der Waals surface area contributed by atoms with Gasteiger partial charge in [0.1, 0.15) is 11.6 Å². The zero-order chi connectivity index (χ0) is 18.7. The van der Waals surface area contributed by atoms with Crippen molar-refractivity contribution in [2.75, 3.05) is 45.7 Å². The van der Waals surface area contributed by atoms with E-state index in [1.807, 2.05) is 19.0 Å². The highest BCUT2D eigenvalue weighted by atomic mass is 16.2. The molecule has 1 aromatic rings. The van der Waals surface area contributed by atoms with Gasteiger partial charge in [0.25, 0.3) is 0 Å². The predicted molar refractivity (Wildman–Crippen MR) is 103 cm³/mol. The van der Waals surface area contributed by atoms with Crippen LogP contribution >= 0.6 is 0 Å². The minimum atomic E-state index is 0.186. The summed E-state index contributed by atoms with van der Waals surface area (Å²) >= 11 is 0. The van der Waals surface area contributed by atoms with Crippen molar-refractivity contribution in [3.05, 3.63) is 17.6 Å². The molecule has 144 valence electrons. The average Bonchev–Trinajstić information content (AvgIpc) is 3.16. The minimum absolute atomic E-state index is 0.186. The Morgan fingerprint density at radius 2 is 1.96 bits per heavy atom. The van der Waals surface area contributed by atoms with E-state index in [1.54, 1.807) is 6.92 Å². The molecule has 0 bridgehead atoms. The maximum absolute atomic E-state index is 11.5. The molecular formula is C19H32N6O. The molecule has 1 N–H and O–H groups in total. The Hall–Kier alpha value is -1.73. The van der Waals surface area contributed by atoms with Gasteiger partial charge in [-0.05, 0) is 39.3 Å². The number of hydrogen-bond acceptors (Lipinski definition) is 6. The van der Waals surface area contributed by atoms with Crippen molar-refractivity contribution in [3.8, 4) is 0 Å². The lowest BCUT2D eigenvalue weighted by atomic mass is 10.0. The van der Waals surface area contributed by atoms with Crippen LogP contribution in [0.25, 0.3) is 0 Å². The van der Waals surface area contributed by atoms with Crippen LogP contribution in [0.4, 0.5) is 5.82 Å². The minimum Gasteiger partial charge on any atom is -0.363 e. The Morgan fingerprint density at radius 1 is 1.23 bits per heavy atom. The Morgan fingerprint density at radius 3 is 2.54 bits per heavy atom. The zero-order valence-electron chi connectivity index (χ0n) is 16.5. The number of aromatic nitrogens is 2. The molecule has 2 saturated heterocycles. The molecule has 0 saturated carbocycles. The molecule has 3 rings (SSSR count). The smallest absolute Gasteiger partial charge is 0.219 e. The number of anilines is 1. The van der Waals surface area contributed by atoms with E-state index in [9.17, 15) is 4.79 Å². The number of carbonyl (C=O) groups is 1. The van der Waals surface area contributed by atoms with Crippen LogP contribution in [0.2, 0.25) is 0 Å². The maximum Gasteiger partial charge on any atom is 0.219 e. The number of carbonyl (C=O) groups excluding carboxylic acids is 1. The zero-order valence-corrected chi connectivity index (χ0v) is 16.5. The fourth-order valence-electron chi connectivity index (χ4n) is 3.88. The van der Waals surface area contributed by atoms with Gasteiger partial charge in [-0.2, -0.15) is 0 Å². The molecule has 2 aliphatic heterocycles. The second-order valence-corrected chi connectivity index (χ2v) is 7.77. The van der Waals surface area contributed by atoms with E-state index < -0.39 is 0 Å². The average molecular weight is 361 g/mol. The van der Waals surface area contributed by atoms with Crippen LogP contribution in [-0.4, -0.2) is 72.5 Å². The molecule has 3 heterocycles. The Kier molecular flexibility index (Phi) is 6.09. The first-order valence-electron chi connectivity index (χ1n) is 9.68. The SMILES string of the molecule is CC(=O)N1CCC(N(C)Cc2cc(N(C)C)nc(C3CCCN3)n2)CC1. The molecule has 1 aromatic heterocycles. The summed E-state index contributed by atoms with van der Waals surface area (Å²) in [5.74, 6) is 2.08. The van der Waals surface area contributed by atoms with Crippen LogP contribution in [0.5, 0.6) is 0 Å². The van der Waals surface area contributed by atoms with Crippen LogP contribution in [-0.2, 0) is 11.3 Å². The number of nitrogens with zero attached hydrogens (tertiary/aromatic N) is 5. The summed E-state index contributed by atoms with van der Waals surface area (Å²) in [7, 11) is 6.22. The van der Waals surface area contributed by atoms with Crippen molar-refractivity contribution in [3.63, 3.8) is 0 Å². The molecule has 7 heteroatoms. The van der Waals surface area contributed by atoms with Crippen LogP contribution in [0.15, 0.2) is 6.07 Å². The summed E-state index contributed by atoms with van der Waals surface area (Å²) in [6.07, 6.45) is 4.34. The summed E-state index contributed by atoms with van der Waals surface area (Å²) in [5.41, 5.74) is 1.07. The van der Waals surface area contributed by atoms with Gasteiger partial charge < -0.3 is 15.1 Å². The lowest BCUT2D eigenvalue weighted by Crippen LogP contribution is -2.44. The molecule has 0 aromatic carbocycles. The van der Waals surface area contributed by atoms with E-state index in [0.29, 0.717) is 6.04 Å². The van der Waals surface area contributed by atoms with Crippen LogP contribution in [0.1, 0.15) is 50.2 Å². The van der Waals surface area contributed by atoms with Gasteiger partial charge in [0.05, 0.1) is 11.7 Å². The Labute approximate surface area is 156 Å². The molecule has 1 unspecified atom stereocenters. The highest BCUT2D eigenvalue weighted by Crippen LogP contribution is 2.24. The van der Waals surface area contributed by atoms with Gasteiger partial charge in [0, 0.05) is 52.8 Å². The normalized spacial score (nSPS) is 21.4. The van der Waals surface area contributed by atoms with E-state index in [2.05, 4.69) is 28.2 Å². The van der Waals surface area contributed by atoms with Crippen LogP contribution < -0.4 is 10.2 Å². The number of piperidine rings is 1. The van der Waals surface area contributed by atoms with Crippen molar-refractivity contribution >= 4 is 11.7 Å². The van der Waals surface area contributed by atoms with Gasteiger partial charge in [-0.15, -0.1) is 0 Å². The van der Waals surface area contributed by atoms with E-state index in [0.717, 1.165) is 62.8 Å². The first-order chi connectivity index (χ1) is 12.4. The molecule has 0 aliphatic carbocycles. The standard InChI is InChI=1S/C19H32N6O/c1-14(26)25-10-7-16(8-11-25)24(4)13-15-12-18(23(2)3)22-19(21-15)17-6-5-9-20-17/h12,16-17,20H,5-11,13H2,1-4H3. The molecule has 1 atom stereocenters. The molecule has 7 nitrogen and oxygen atoms in total. The Bertz CT molecular complexity index is 620. The summed E-state index contributed by atoms with van der Waals surface area (Å²) in [5, 5.41) is 3.50. The first kappa shape index (κ1) is 19.0. The van der Waals surface area contributed by atoms with Gasteiger partial charge in [-0.1, -0.05) is 0 Å². The van der Waals surface area contributed by atoms with Gasteiger partial charge in [-0.3, -0.25) is 9.69 Å². The molecule has 1 amide bonds. The second-order valence-electron chi connectivity index (χ2n) is 7.77. The highest BCUT2D eigenvalue weighted by molar-refractivity contribution is 5.73. The third-order valence-electron chi connectivity index (χ3n) is 5.56. The predicted octanol–water partition coefficient (Wildman–Crippen LogP) is 1.41. The largest absolute Gasteiger partial charge is 0.363 e. The third-order valence-corrected chi connectivity index (χ3v) is 5.56. The number of amides is 1.